The molecule has 0 fully saturated rings. The van der Waals surface area contributed by atoms with Crippen LogP contribution in [0.2, 0.25) is 0 Å². The van der Waals surface area contributed by atoms with E-state index in [0.717, 1.165) is 11.1 Å². The lowest BCUT2D eigenvalue weighted by atomic mass is 10.1. The number of amidine groups is 1. The van der Waals surface area contributed by atoms with Crippen LogP contribution in [0.15, 0.2) is 16.1 Å². The molecule has 0 saturated carbocycles. The second-order valence-electron chi connectivity index (χ2n) is 2.56. The largest absolute Gasteiger partial charge is 0.383 e. The van der Waals surface area contributed by atoms with Crippen molar-refractivity contribution in [2.75, 3.05) is 13.2 Å². The van der Waals surface area contributed by atoms with Gasteiger partial charge in [0, 0.05) is 17.6 Å². The van der Waals surface area contributed by atoms with Gasteiger partial charge in [-0.25, -0.2) is 0 Å². The maximum absolute atomic E-state index is 11.0. The summed E-state index contributed by atoms with van der Waals surface area (Å²) in [5, 5.41) is 0. The Bertz CT molecular complexity index is 278. The predicted molar refractivity (Wildman–Crippen MR) is 39.1 cm³/mol. The number of carbonyl (C=O) groups excluding carboxylic acids is 1. The molecule has 0 atom stereocenters. The number of hydrogen-bond acceptors (Lipinski definition) is 3. The molecule has 0 saturated heterocycles. The SMILES string of the molecule is NC1=NC(=O)C2=C1COCC2. The first-order valence-electron chi connectivity index (χ1n) is 3.47. The third kappa shape index (κ3) is 0.867. The van der Waals surface area contributed by atoms with E-state index in [0.29, 0.717) is 25.5 Å². The maximum atomic E-state index is 11.0. The predicted octanol–water partition coefficient (Wildman–Crippen LogP) is -0.399. The Morgan fingerprint density at radius 2 is 2.27 bits per heavy atom. The minimum absolute atomic E-state index is 0.180. The standard InChI is InChI=1S/C7H8N2O2/c8-6-5-3-11-2-1-4(5)7(10)9-6/h1-3H2,(H2,8,9,10). The van der Waals surface area contributed by atoms with Crippen molar-refractivity contribution in [3.05, 3.63) is 11.1 Å². The number of rotatable bonds is 0. The van der Waals surface area contributed by atoms with E-state index in [1.807, 2.05) is 0 Å². The van der Waals surface area contributed by atoms with Crippen LogP contribution in [0.4, 0.5) is 0 Å². The number of aliphatic imine (C=N–C) groups is 1. The van der Waals surface area contributed by atoms with Crippen molar-refractivity contribution in [2.24, 2.45) is 10.7 Å². The van der Waals surface area contributed by atoms with E-state index in [1.165, 1.54) is 0 Å². The lowest BCUT2D eigenvalue weighted by Crippen LogP contribution is -2.20. The highest BCUT2D eigenvalue weighted by Crippen LogP contribution is 2.21. The molecule has 0 aromatic rings. The Hall–Kier alpha value is -1.16. The quantitative estimate of drug-likeness (QED) is 0.513. The average Bonchev–Trinajstić information content (AvgIpc) is 2.30. The summed E-state index contributed by atoms with van der Waals surface area (Å²) in [5.74, 6) is 0.158. The lowest BCUT2D eigenvalue weighted by Gasteiger charge is -2.12. The fourth-order valence-electron chi connectivity index (χ4n) is 1.30. The molecule has 2 aliphatic rings. The molecule has 2 aliphatic heterocycles. The van der Waals surface area contributed by atoms with Gasteiger partial charge in [0.25, 0.3) is 5.91 Å². The van der Waals surface area contributed by atoms with Crippen molar-refractivity contribution in [1.29, 1.82) is 0 Å². The third-order valence-corrected chi connectivity index (χ3v) is 1.90. The minimum atomic E-state index is -0.180. The van der Waals surface area contributed by atoms with Gasteiger partial charge >= 0.3 is 0 Å². The van der Waals surface area contributed by atoms with E-state index in [1.54, 1.807) is 0 Å². The Morgan fingerprint density at radius 3 is 3.00 bits per heavy atom. The monoisotopic (exact) mass is 152 g/mol. The summed E-state index contributed by atoms with van der Waals surface area (Å²) in [4.78, 5) is 14.7. The molecule has 0 unspecified atom stereocenters. The van der Waals surface area contributed by atoms with Crippen molar-refractivity contribution in [2.45, 2.75) is 6.42 Å². The van der Waals surface area contributed by atoms with Gasteiger partial charge in [0.1, 0.15) is 5.84 Å². The zero-order valence-corrected chi connectivity index (χ0v) is 5.96. The highest BCUT2D eigenvalue weighted by Gasteiger charge is 2.26. The van der Waals surface area contributed by atoms with Crippen LogP contribution in [0.1, 0.15) is 6.42 Å². The zero-order chi connectivity index (χ0) is 7.84. The molecule has 58 valence electrons. The molecule has 0 spiro atoms. The molecule has 0 radical (unpaired) electrons. The van der Waals surface area contributed by atoms with E-state index >= 15 is 0 Å². The van der Waals surface area contributed by atoms with Gasteiger partial charge in [-0.1, -0.05) is 0 Å². The first-order chi connectivity index (χ1) is 5.29. The molecule has 4 nitrogen and oxygen atoms in total. The normalized spacial score (nSPS) is 23.6. The molecule has 1 amide bonds. The Labute approximate surface area is 63.7 Å². The molecule has 11 heavy (non-hydrogen) atoms. The second-order valence-corrected chi connectivity index (χ2v) is 2.56. The summed E-state index contributed by atoms with van der Waals surface area (Å²) in [7, 11) is 0. The third-order valence-electron chi connectivity index (χ3n) is 1.90. The molecule has 0 aromatic heterocycles. The first kappa shape index (κ1) is 6.54. The molecule has 4 heteroatoms. The van der Waals surface area contributed by atoms with E-state index in [2.05, 4.69) is 4.99 Å². The second kappa shape index (κ2) is 2.17. The van der Waals surface area contributed by atoms with Gasteiger partial charge < -0.3 is 10.5 Å². The van der Waals surface area contributed by atoms with Gasteiger partial charge in [0.2, 0.25) is 0 Å². The van der Waals surface area contributed by atoms with E-state index in [4.69, 9.17) is 10.5 Å². The molecule has 0 aliphatic carbocycles. The van der Waals surface area contributed by atoms with Gasteiger partial charge in [0.05, 0.1) is 13.2 Å². The molecule has 0 bridgehead atoms. The van der Waals surface area contributed by atoms with Crippen molar-refractivity contribution < 1.29 is 9.53 Å². The number of amides is 1. The van der Waals surface area contributed by atoms with Gasteiger partial charge in [0.15, 0.2) is 0 Å². The molecule has 0 aromatic carbocycles. The van der Waals surface area contributed by atoms with Crippen LogP contribution < -0.4 is 5.73 Å². The number of hydrogen-bond donors (Lipinski definition) is 1. The topological polar surface area (TPSA) is 64.7 Å². The Balaban J connectivity index is 2.41. The summed E-state index contributed by atoms with van der Waals surface area (Å²) in [5.41, 5.74) is 7.01. The van der Waals surface area contributed by atoms with Crippen LogP contribution in [0.25, 0.3) is 0 Å². The van der Waals surface area contributed by atoms with Crippen LogP contribution in [-0.2, 0) is 9.53 Å². The fourth-order valence-corrected chi connectivity index (χ4v) is 1.30. The Kier molecular flexibility index (Phi) is 1.29. The van der Waals surface area contributed by atoms with Crippen LogP contribution in [0.5, 0.6) is 0 Å². The molecule has 2 heterocycles. The zero-order valence-electron chi connectivity index (χ0n) is 5.96. The number of nitrogens with two attached hydrogens (primary N) is 1. The Morgan fingerprint density at radius 1 is 1.45 bits per heavy atom. The summed E-state index contributed by atoms with van der Waals surface area (Å²) in [6, 6.07) is 0. The van der Waals surface area contributed by atoms with Gasteiger partial charge in [-0.15, -0.1) is 0 Å². The first-order valence-corrected chi connectivity index (χ1v) is 3.47. The van der Waals surface area contributed by atoms with Crippen molar-refractivity contribution >= 4 is 11.7 Å². The van der Waals surface area contributed by atoms with Gasteiger partial charge in [-0.2, -0.15) is 4.99 Å². The van der Waals surface area contributed by atoms with Crippen LogP contribution in [0.3, 0.4) is 0 Å². The van der Waals surface area contributed by atoms with Crippen LogP contribution in [-0.4, -0.2) is 25.0 Å². The highest BCUT2D eigenvalue weighted by atomic mass is 16.5. The summed E-state index contributed by atoms with van der Waals surface area (Å²) in [6.07, 6.45) is 0.651. The molecule has 2 N–H and O–H groups in total. The van der Waals surface area contributed by atoms with Crippen LogP contribution >= 0.6 is 0 Å². The lowest BCUT2D eigenvalue weighted by molar-refractivity contribution is -0.114. The number of ether oxygens (including phenoxy) is 1. The smallest absolute Gasteiger partial charge is 0.275 e. The van der Waals surface area contributed by atoms with Crippen molar-refractivity contribution in [3.8, 4) is 0 Å². The number of carbonyl (C=O) groups is 1. The van der Waals surface area contributed by atoms with E-state index in [9.17, 15) is 4.79 Å². The van der Waals surface area contributed by atoms with E-state index in [-0.39, 0.29) is 5.91 Å². The van der Waals surface area contributed by atoms with Gasteiger partial charge in [-0.3, -0.25) is 4.79 Å². The molecule has 2 rings (SSSR count). The van der Waals surface area contributed by atoms with E-state index < -0.39 is 0 Å². The molecular weight excluding hydrogens is 144 g/mol. The van der Waals surface area contributed by atoms with Gasteiger partial charge in [-0.05, 0) is 0 Å². The van der Waals surface area contributed by atoms with Crippen molar-refractivity contribution in [1.82, 2.24) is 0 Å². The van der Waals surface area contributed by atoms with Crippen LogP contribution in [0, 0.1) is 0 Å². The summed E-state index contributed by atoms with van der Waals surface area (Å²) in [6.45, 7) is 1.05. The number of nitrogens with zero attached hydrogens (tertiary/aromatic N) is 1. The average molecular weight is 152 g/mol. The highest BCUT2D eigenvalue weighted by molar-refractivity contribution is 6.18. The van der Waals surface area contributed by atoms with Crippen molar-refractivity contribution in [3.63, 3.8) is 0 Å². The minimum Gasteiger partial charge on any atom is -0.383 e. The summed E-state index contributed by atoms with van der Waals surface area (Å²) >= 11 is 0. The summed E-state index contributed by atoms with van der Waals surface area (Å²) < 4.78 is 5.13. The maximum Gasteiger partial charge on any atom is 0.275 e. The fraction of sp³-hybridized carbons (Fsp3) is 0.429. The molecular formula is C7H8N2O2.